The molecule has 0 unspecified atom stereocenters. The average molecular weight is 375 g/mol. The molecule has 0 aliphatic rings. The van der Waals surface area contributed by atoms with E-state index in [1.165, 1.54) is 28.7 Å². The van der Waals surface area contributed by atoms with Crippen LogP contribution in [0.25, 0.3) is 10.2 Å². The normalized spacial score (nSPS) is 10.4. The van der Waals surface area contributed by atoms with Gasteiger partial charge in [-0.05, 0) is 30.5 Å². The van der Waals surface area contributed by atoms with Gasteiger partial charge in [-0.3, -0.25) is 14.9 Å². The summed E-state index contributed by atoms with van der Waals surface area (Å²) in [6.07, 6.45) is -0.831. The third kappa shape index (κ3) is 3.83. The second-order valence-corrected chi connectivity index (χ2v) is 6.73. The van der Waals surface area contributed by atoms with Crippen molar-refractivity contribution in [3.05, 3.63) is 46.3 Å². The van der Waals surface area contributed by atoms with Crippen molar-refractivity contribution in [3.8, 4) is 0 Å². The number of thiazole rings is 1. The Hall–Kier alpha value is -2.78. The summed E-state index contributed by atoms with van der Waals surface area (Å²) >= 11 is 2.45. The number of aromatic nitrogens is 1. The molecule has 3 amide bonds. The highest BCUT2D eigenvalue weighted by Crippen LogP contribution is 2.26. The fourth-order valence-electron chi connectivity index (χ4n) is 2.04. The van der Waals surface area contributed by atoms with Crippen molar-refractivity contribution in [1.29, 1.82) is 0 Å². The molecular weight excluding hydrogens is 362 g/mol. The fraction of sp³-hybridized carbons (Fsp3) is 0.125. The molecule has 128 valence electrons. The number of rotatable bonds is 4. The minimum absolute atomic E-state index is 0.157. The Morgan fingerprint density at radius 2 is 1.96 bits per heavy atom. The Morgan fingerprint density at radius 3 is 2.72 bits per heavy atom. The average Bonchev–Trinajstić information content (AvgIpc) is 3.21. The van der Waals surface area contributed by atoms with E-state index >= 15 is 0 Å². The van der Waals surface area contributed by atoms with Gasteiger partial charge in [0.15, 0.2) is 5.01 Å². The summed E-state index contributed by atoms with van der Waals surface area (Å²) in [6, 6.07) is 8.95. The largest absolute Gasteiger partial charge is 0.450 e. The Balaban J connectivity index is 1.75. The Morgan fingerprint density at radius 1 is 1.16 bits per heavy atom. The van der Waals surface area contributed by atoms with E-state index in [1.54, 1.807) is 12.3 Å². The van der Waals surface area contributed by atoms with E-state index in [9.17, 15) is 14.4 Å². The lowest BCUT2D eigenvalue weighted by Crippen LogP contribution is -2.31. The van der Waals surface area contributed by atoms with Gasteiger partial charge in [-0.2, -0.15) is 0 Å². The van der Waals surface area contributed by atoms with Gasteiger partial charge in [-0.25, -0.2) is 9.78 Å². The summed E-state index contributed by atoms with van der Waals surface area (Å²) in [7, 11) is 0. The van der Waals surface area contributed by atoms with Crippen LogP contribution >= 0.6 is 22.7 Å². The Kier molecular flexibility index (Phi) is 5.05. The van der Waals surface area contributed by atoms with Gasteiger partial charge < -0.3 is 10.1 Å². The van der Waals surface area contributed by atoms with E-state index in [-0.39, 0.29) is 12.2 Å². The summed E-state index contributed by atoms with van der Waals surface area (Å²) in [4.78, 5) is 40.1. The van der Waals surface area contributed by atoms with Crippen molar-refractivity contribution in [3.63, 3.8) is 0 Å². The van der Waals surface area contributed by atoms with Crippen molar-refractivity contribution in [2.24, 2.45) is 0 Å². The summed E-state index contributed by atoms with van der Waals surface area (Å²) < 4.78 is 5.57. The van der Waals surface area contributed by atoms with Crippen LogP contribution in [0.4, 0.5) is 9.80 Å². The molecule has 0 bridgehead atoms. The minimum Gasteiger partial charge on any atom is -0.450 e. The molecule has 0 aliphatic heterocycles. The smallest absolute Gasteiger partial charge is 0.414 e. The molecular formula is C16H13N3O4S2. The second-order valence-electron chi connectivity index (χ2n) is 4.78. The second kappa shape index (κ2) is 7.41. The van der Waals surface area contributed by atoms with Gasteiger partial charge in [0.1, 0.15) is 5.00 Å². The molecule has 2 heterocycles. The number of thiophene rings is 1. The molecule has 7 nitrogen and oxygen atoms in total. The van der Waals surface area contributed by atoms with Crippen molar-refractivity contribution >= 4 is 55.8 Å². The van der Waals surface area contributed by atoms with Gasteiger partial charge in [0, 0.05) is 0 Å². The third-order valence-electron chi connectivity index (χ3n) is 3.12. The van der Waals surface area contributed by atoms with E-state index < -0.39 is 17.9 Å². The number of ether oxygens (including phenoxy) is 1. The van der Waals surface area contributed by atoms with E-state index in [2.05, 4.69) is 20.4 Å². The maximum absolute atomic E-state index is 12.4. The number of nitrogens with one attached hydrogen (secondary N) is 2. The third-order valence-corrected chi connectivity index (χ3v) is 4.98. The van der Waals surface area contributed by atoms with E-state index in [0.717, 1.165) is 10.2 Å². The van der Waals surface area contributed by atoms with Crippen LogP contribution in [-0.2, 0) is 4.74 Å². The predicted molar refractivity (Wildman–Crippen MR) is 96.4 cm³/mol. The number of carbonyl (C=O) groups is 3. The number of anilines is 1. The molecule has 0 saturated heterocycles. The highest BCUT2D eigenvalue weighted by molar-refractivity contribution is 7.20. The summed E-state index contributed by atoms with van der Waals surface area (Å²) in [5.74, 6) is -1.05. The quantitative estimate of drug-likeness (QED) is 0.727. The monoisotopic (exact) mass is 375 g/mol. The summed E-state index contributed by atoms with van der Waals surface area (Å²) in [5.41, 5.74) is 0.927. The molecule has 0 atom stereocenters. The number of imide groups is 1. The first kappa shape index (κ1) is 17.1. The number of para-hydroxylation sites is 1. The van der Waals surface area contributed by atoms with Gasteiger partial charge in [-0.1, -0.05) is 12.1 Å². The zero-order valence-corrected chi connectivity index (χ0v) is 14.7. The molecule has 25 heavy (non-hydrogen) atoms. The van der Waals surface area contributed by atoms with Crippen molar-refractivity contribution in [2.75, 3.05) is 11.9 Å². The van der Waals surface area contributed by atoms with Crippen LogP contribution in [0.3, 0.4) is 0 Å². The highest BCUT2D eigenvalue weighted by Gasteiger charge is 2.19. The molecule has 9 heteroatoms. The zero-order valence-electron chi connectivity index (χ0n) is 13.1. The summed E-state index contributed by atoms with van der Waals surface area (Å²) in [5, 5.41) is 7.05. The summed E-state index contributed by atoms with van der Waals surface area (Å²) in [6.45, 7) is 1.79. The molecule has 1 aromatic carbocycles. The molecule has 2 aromatic heterocycles. The van der Waals surface area contributed by atoms with Crippen LogP contribution < -0.4 is 10.6 Å². The molecule has 3 rings (SSSR count). The standard InChI is InChI=1S/C16H13N3O4S2/c1-2-23-16(22)19-12(20)9-7-8-24-14(9)18-13(21)15-17-10-5-3-4-6-11(10)25-15/h3-8H,2H2,1H3,(H,18,21)(H,19,20,22). The zero-order chi connectivity index (χ0) is 17.8. The van der Waals surface area contributed by atoms with Crippen LogP contribution in [0.5, 0.6) is 0 Å². The predicted octanol–water partition coefficient (Wildman–Crippen LogP) is 3.50. The molecule has 0 fully saturated rings. The first-order valence-electron chi connectivity index (χ1n) is 7.31. The van der Waals surface area contributed by atoms with Crippen molar-refractivity contribution < 1.29 is 19.1 Å². The Bertz CT molecular complexity index is 915. The first-order valence-corrected chi connectivity index (χ1v) is 9.00. The molecule has 0 saturated carbocycles. The van der Waals surface area contributed by atoms with Crippen LogP contribution in [0.1, 0.15) is 27.1 Å². The first-order chi connectivity index (χ1) is 12.1. The molecule has 3 aromatic rings. The van der Waals surface area contributed by atoms with Gasteiger partial charge in [0.2, 0.25) is 0 Å². The van der Waals surface area contributed by atoms with E-state index in [0.29, 0.717) is 10.0 Å². The number of hydrogen-bond donors (Lipinski definition) is 2. The van der Waals surface area contributed by atoms with E-state index in [1.807, 2.05) is 24.3 Å². The number of benzene rings is 1. The minimum atomic E-state index is -0.831. The lowest BCUT2D eigenvalue weighted by atomic mass is 10.3. The SMILES string of the molecule is CCOC(=O)NC(=O)c1ccsc1NC(=O)c1nc2ccccc2s1. The number of carbonyl (C=O) groups excluding carboxylic acids is 3. The highest BCUT2D eigenvalue weighted by atomic mass is 32.1. The topological polar surface area (TPSA) is 97.4 Å². The van der Waals surface area contributed by atoms with Crippen LogP contribution in [0.15, 0.2) is 35.7 Å². The number of fused-ring (bicyclic) bond motifs is 1. The van der Waals surface area contributed by atoms with Gasteiger partial charge >= 0.3 is 6.09 Å². The van der Waals surface area contributed by atoms with Crippen LogP contribution in [0.2, 0.25) is 0 Å². The lowest BCUT2D eigenvalue weighted by Gasteiger charge is -2.06. The van der Waals surface area contributed by atoms with Crippen LogP contribution in [-0.4, -0.2) is 29.5 Å². The molecule has 0 radical (unpaired) electrons. The lowest BCUT2D eigenvalue weighted by molar-refractivity contribution is 0.0926. The van der Waals surface area contributed by atoms with Crippen molar-refractivity contribution in [2.45, 2.75) is 6.92 Å². The molecule has 0 spiro atoms. The molecule has 0 aliphatic carbocycles. The maximum Gasteiger partial charge on any atom is 0.414 e. The van der Waals surface area contributed by atoms with Gasteiger partial charge in [-0.15, -0.1) is 22.7 Å². The van der Waals surface area contributed by atoms with Gasteiger partial charge in [0.05, 0.1) is 22.4 Å². The maximum atomic E-state index is 12.4. The number of amides is 3. The molecule has 2 N–H and O–H groups in total. The van der Waals surface area contributed by atoms with E-state index in [4.69, 9.17) is 0 Å². The van der Waals surface area contributed by atoms with Crippen molar-refractivity contribution in [1.82, 2.24) is 10.3 Å². The van der Waals surface area contributed by atoms with Crippen LogP contribution in [0, 0.1) is 0 Å². The van der Waals surface area contributed by atoms with Gasteiger partial charge in [0.25, 0.3) is 11.8 Å². The number of hydrogen-bond acceptors (Lipinski definition) is 7. The Labute approximate surface area is 150 Å². The number of alkyl carbamates (subject to hydrolysis) is 1. The number of nitrogens with zero attached hydrogens (tertiary/aromatic N) is 1. The fourth-order valence-corrected chi connectivity index (χ4v) is 3.68.